The molecule has 0 spiro atoms. The van der Waals surface area contributed by atoms with Gasteiger partial charge in [0.1, 0.15) is 43.2 Å². The van der Waals surface area contributed by atoms with Gasteiger partial charge in [-0.25, -0.2) is 4.57 Å². The molecule has 1 rings (SSSR count). The standard InChI is InChI=1S/C45H75O13P/c1-3-5-7-9-11-13-15-17-19-21-23-25-27-29-31-33-38(46)55-35-37(36-56-59(53,54)58-45-43(51)41(49)40(48)42(50)44(45)52)57-39(47)34-32-30-28-26-24-22-20-18-16-14-12-10-8-6-4-2/h5,7,9,11,13,15,17-20,24,26,37,40-45,48-52H,3-4,6,8,10,12,14,16,21-23,25,27-36H2,1-2H3,(H,53,54)/b7-5+,11-9+,15-13+,19-17+,20-18+,26-24+/t37-,40?,41-,42?,43?,44?,45?/m1/s1. The molecule has 0 aromatic heterocycles. The van der Waals surface area contributed by atoms with Gasteiger partial charge < -0.3 is 39.9 Å². The summed E-state index contributed by atoms with van der Waals surface area (Å²) in [6, 6.07) is 0. The van der Waals surface area contributed by atoms with Crippen molar-refractivity contribution in [1.29, 1.82) is 0 Å². The summed E-state index contributed by atoms with van der Waals surface area (Å²) in [6.07, 6.45) is 29.6. The topological polar surface area (TPSA) is 210 Å². The van der Waals surface area contributed by atoms with E-state index >= 15 is 0 Å². The van der Waals surface area contributed by atoms with Gasteiger partial charge in [-0.15, -0.1) is 0 Å². The molecule has 0 amide bonds. The van der Waals surface area contributed by atoms with E-state index in [1.807, 2.05) is 36.5 Å². The maximum atomic E-state index is 12.8. The lowest BCUT2D eigenvalue weighted by Crippen LogP contribution is -2.64. The first-order valence-electron chi connectivity index (χ1n) is 21.8. The zero-order chi connectivity index (χ0) is 43.6. The van der Waals surface area contributed by atoms with Crippen LogP contribution in [0.15, 0.2) is 72.9 Å². The summed E-state index contributed by atoms with van der Waals surface area (Å²) in [7, 11) is -5.13. The van der Waals surface area contributed by atoms with Crippen LogP contribution in [0.25, 0.3) is 0 Å². The van der Waals surface area contributed by atoms with Gasteiger partial charge in [-0.3, -0.25) is 18.6 Å². The number of phosphoric ester groups is 1. The van der Waals surface area contributed by atoms with E-state index in [1.54, 1.807) is 0 Å². The molecule has 0 bridgehead atoms. The fourth-order valence-corrected chi connectivity index (χ4v) is 7.06. The Hall–Kier alpha value is -2.71. The van der Waals surface area contributed by atoms with E-state index in [4.69, 9.17) is 18.5 Å². The number of ether oxygens (including phenoxy) is 2. The van der Waals surface area contributed by atoms with Gasteiger partial charge >= 0.3 is 19.8 Å². The number of carbonyl (C=O) groups excluding carboxylic acids is 2. The van der Waals surface area contributed by atoms with Crippen molar-refractivity contribution in [3.8, 4) is 0 Å². The van der Waals surface area contributed by atoms with Crippen LogP contribution in [0.3, 0.4) is 0 Å². The molecular weight excluding hydrogens is 779 g/mol. The molecule has 1 saturated carbocycles. The molecule has 0 aliphatic heterocycles. The minimum absolute atomic E-state index is 0.0447. The highest BCUT2D eigenvalue weighted by molar-refractivity contribution is 7.47. The number of phosphoric acid groups is 1. The summed E-state index contributed by atoms with van der Waals surface area (Å²) in [5.74, 6) is -1.17. The van der Waals surface area contributed by atoms with Crippen molar-refractivity contribution >= 4 is 19.8 Å². The Morgan fingerprint density at radius 3 is 1.64 bits per heavy atom. The smallest absolute Gasteiger partial charge is 0.462 e. The Labute approximate surface area is 353 Å². The minimum Gasteiger partial charge on any atom is -0.462 e. The molecule has 14 heteroatoms. The van der Waals surface area contributed by atoms with E-state index in [0.29, 0.717) is 12.8 Å². The summed E-state index contributed by atoms with van der Waals surface area (Å²) in [5, 5.41) is 50.1. The molecule has 6 unspecified atom stereocenters. The van der Waals surface area contributed by atoms with E-state index in [0.717, 1.165) is 64.2 Å². The molecule has 59 heavy (non-hydrogen) atoms. The maximum absolute atomic E-state index is 12.8. The fourth-order valence-electron chi connectivity index (χ4n) is 6.09. The monoisotopic (exact) mass is 854 g/mol. The van der Waals surface area contributed by atoms with E-state index in [1.165, 1.54) is 38.5 Å². The van der Waals surface area contributed by atoms with Crippen molar-refractivity contribution in [3.63, 3.8) is 0 Å². The number of hydrogen-bond donors (Lipinski definition) is 6. The van der Waals surface area contributed by atoms with E-state index < -0.39 is 75.7 Å². The first-order chi connectivity index (χ1) is 28.4. The van der Waals surface area contributed by atoms with Crippen molar-refractivity contribution in [3.05, 3.63) is 72.9 Å². The highest BCUT2D eigenvalue weighted by atomic mass is 31.2. The average Bonchev–Trinajstić information content (AvgIpc) is 3.21. The number of aliphatic hydroxyl groups is 5. The SMILES string of the molecule is CC/C=C/C=C/C=C/C=C/CCCCCCCC(=O)OC[C@H](COP(=O)(O)OC1C(O)C(O)C(O)[C@@H](O)C1O)OC(=O)CCCC/C=C/C/C=C/CCCCCCCC. The molecule has 8 atom stereocenters. The Kier molecular flexibility index (Phi) is 32.2. The molecule has 0 radical (unpaired) electrons. The van der Waals surface area contributed by atoms with Crippen molar-refractivity contribution in [1.82, 2.24) is 0 Å². The van der Waals surface area contributed by atoms with Crippen LogP contribution in [0.4, 0.5) is 0 Å². The first-order valence-corrected chi connectivity index (χ1v) is 23.3. The average molecular weight is 855 g/mol. The predicted molar refractivity (Wildman–Crippen MR) is 230 cm³/mol. The van der Waals surface area contributed by atoms with Gasteiger partial charge in [0.05, 0.1) is 6.61 Å². The van der Waals surface area contributed by atoms with Gasteiger partial charge in [-0.05, 0) is 64.2 Å². The number of rotatable bonds is 34. The molecule has 1 aliphatic carbocycles. The Morgan fingerprint density at radius 2 is 1.03 bits per heavy atom. The number of hydrogen-bond acceptors (Lipinski definition) is 12. The summed E-state index contributed by atoms with van der Waals surface area (Å²) >= 11 is 0. The van der Waals surface area contributed by atoms with Gasteiger partial charge in [-0.1, -0.05) is 138 Å². The highest BCUT2D eigenvalue weighted by Gasteiger charge is 2.51. The number of unbranched alkanes of at least 4 members (excludes halogenated alkanes) is 13. The van der Waals surface area contributed by atoms with Crippen LogP contribution in [0.2, 0.25) is 0 Å². The lowest BCUT2D eigenvalue weighted by molar-refractivity contribution is -0.220. The first kappa shape index (κ1) is 54.3. The van der Waals surface area contributed by atoms with Gasteiger partial charge in [0.15, 0.2) is 6.10 Å². The maximum Gasteiger partial charge on any atom is 0.472 e. The zero-order valence-electron chi connectivity index (χ0n) is 35.5. The zero-order valence-corrected chi connectivity index (χ0v) is 36.4. The van der Waals surface area contributed by atoms with Gasteiger partial charge in [0, 0.05) is 12.8 Å². The second-order valence-corrected chi connectivity index (χ2v) is 16.3. The summed E-state index contributed by atoms with van der Waals surface area (Å²) in [6.45, 7) is 3.08. The lowest BCUT2D eigenvalue weighted by Gasteiger charge is -2.41. The predicted octanol–water partition coefficient (Wildman–Crippen LogP) is 7.94. The molecule has 1 aliphatic rings. The number of aliphatic hydroxyl groups excluding tert-OH is 5. The van der Waals surface area contributed by atoms with Crippen molar-refractivity contribution in [2.75, 3.05) is 13.2 Å². The van der Waals surface area contributed by atoms with Crippen LogP contribution in [-0.4, -0.2) is 98.3 Å². The van der Waals surface area contributed by atoms with Crippen LogP contribution >= 0.6 is 7.82 Å². The second kappa shape index (κ2) is 34.9. The van der Waals surface area contributed by atoms with E-state index in [2.05, 4.69) is 50.3 Å². The quantitative estimate of drug-likeness (QED) is 0.0120. The summed E-state index contributed by atoms with van der Waals surface area (Å²) in [5.41, 5.74) is 0. The van der Waals surface area contributed by atoms with Crippen LogP contribution in [0, 0.1) is 0 Å². The number of allylic oxidation sites excluding steroid dienone is 12. The molecule has 338 valence electrons. The highest BCUT2D eigenvalue weighted by Crippen LogP contribution is 2.47. The van der Waals surface area contributed by atoms with Gasteiger partial charge in [-0.2, -0.15) is 0 Å². The number of carbonyl (C=O) groups is 2. The summed E-state index contributed by atoms with van der Waals surface area (Å²) in [4.78, 5) is 35.6. The normalized spacial score (nSPS) is 23.1. The second-order valence-electron chi connectivity index (χ2n) is 14.9. The molecule has 6 N–H and O–H groups in total. The third-order valence-corrected chi connectivity index (χ3v) is 10.6. The molecular formula is C45H75O13P. The molecule has 0 aromatic rings. The molecule has 0 heterocycles. The van der Waals surface area contributed by atoms with Crippen molar-refractivity contribution in [2.45, 2.75) is 185 Å². The van der Waals surface area contributed by atoms with Crippen molar-refractivity contribution < 1.29 is 63.1 Å². The molecule has 0 saturated heterocycles. The molecule has 13 nitrogen and oxygen atoms in total. The van der Waals surface area contributed by atoms with Crippen LogP contribution in [-0.2, 0) is 32.7 Å². The lowest BCUT2D eigenvalue weighted by atomic mass is 9.85. The third kappa shape index (κ3) is 27.7. The third-order valence-electron chi connectivity index (χ3n) is 9.63. The van der Waals surface area contributed by atoms with Gasteiger partial charge in [0.2, 0.25) is 0 Å². The Balaban J connectivity index is 2.54. The fraction of sp³-hybridized carbons (Fsp3) is 0.689. The number of esters is 2. The Morgan fingerprint density at radius 1 is 0.559 bits per heavy atom. The van der Waals surface area contributed by atoms with Crippen LogP contribution in [0.5, 0.6) is 0 Å². The van der Waals surface area contributed by atoms with E-state index in [-0.39, 0.29) is 12.8 Å². The van der Waals surface area contributed by atoms with Crippen LogP contribution in [0.1, 0.15) is 142 Å². The largest absolute Gasteiger partial charge is 0.472 e. The Bertz CT molecular complexity index is 1310. The molecule has 0 aromatic carbocycles. The minimum atomic E-state index is -5.13. The molecule has 1 fully saturated rings. The van der Waals surface area contributed by atoms with Gasteiger partial charge in [0.25, 0.3) is 0 Å². The van der Waals surface area contributed by atoms with Crippen molar-refractivity contribution in [2.24, 2.45) is 0 Å². The van der Waals surface area contributed by atoms with E-state index in [9.17, 15) is 44.6 Å². The van der Waals surface area contributed by atoms with Crippen LogP contribution < -0.4 is 0 Å². The summed E-state index contributed by atoms with van der Waals surface area (Å²) < 4.78 is 33.4.